The maximum atomic E-state index is 11.7. The first-order valence-corrected chi connectivity index (χ1v) is 6.81. The molecule has 3 heteroatoms. The van der Waals surface area contributed by atoms with Crippen molar-refractivity contribution in [3.05, 3.63) is 34.4 Å². The molecule has 0 aliphatic heterocycles. The van der Waals surface area contributed by atoms with E-state index in [-0.39, 0.29) is 5.91 Å². The molecule has 0 radical (unpaired) electrons. The summed E-state index contributed by atoms with van der Waals surface area (Å²) in [7, 11) is 0. The normalized spacial score (nSPS) is 11.5. The lowest BCUT2D eigenvalue weighted by Gasteiger charge is -2.17. The zero-order chi connectivity index (χ0) is 14.6. The summed E-state index contributed by atoms with van der Waals surface area (Å²) in [5.74, 6) is 0.0222. The molecule has 1 rings (SSSR count). The van der Waals surface area contributed by atoms with Crippen LogP contribution in [0.1, 0.15) is 42.5 Å². The Bertz CT molecular complexity index is 459. The van der Waals surface area contributed by atoms with Crippen molar-refractivity contribution in [2.45, 2.75) is 53.0 Å². The molecule has 0 spiro atoms. The third kappa shape index (κ3) is 5.43. The van der Waals surface area contributed by atoms with Gasteiger partial charge in [-0.25, -0.2) is 0 Å². The predicted octanol–water partition coefficient (Wildman–Crippen LogP) is 2.40. The third-order valence-corrected chi connectivity index (χ3v) is 3.28. The minimum Gasteiger partial charge on any atom is -0.356 e. The van der Waals surface area contributed by atoms with Crippen LogP contribution in [0.15, 0.2) is 12.1 Å². The van der Waals surface area contributed by atoms with Gasteiger partial charge in [0.2, 0.25) is 5.91 Å². The molecule has 0 aromatic heterocycles. The van der Waals surface area contributed by atoms with Crippen LogP contribution in [0.4, 0.5) is 0 Å². The minimum absolute atomic E-state index is 0.0222. The zero-order valence-corrected chi connectivity index (χ0v) is 12.8. The van der Waals surface area contributed by atoms with Crippen molar-refractivity contribution in [2.75, 3.05) is 6.54 Å². The Hall–Kier alpha value is -1.35. The van der Waals surface area contributed by atoms with Crippen LogP contribution in [0.25, 0.3) is 0 Å². The molecule has 1 aromatic rings. The van der Waals surface area contributed by atoms with Crippen LogP contribution in [0, 0.1) is 20.8 Å². The topological polar surface area (TPSA) is 55.1 Å². The Balaban J connectivity index is 2.50. The SMILES string of the molecule is Cc1cc(C)c(CCNC(=O)CC(C)(C)N)cc1C. The standard InChI is InChI=1S/C16H26N2O/c1-11-8-13(3)14(9-12(11)2)6-7-18-15(19)10-16(4,5)17/h8-9H,6-7,10,17H2,1-5H3,(H,18,19). The maximum Gasteiger partial charge on any atom is 0.221 e. The molecular formula is C16H26N2O. The van der Waals surface area contributed by atoms with E-state index in [4.69, 9.17) is 5.73 Å². The van der Waals surface area contributed by atoms with Gasteiger partial charge < -0.3 is 11.1 Å². The Morgan fingerprint density at radius 2 is 1.74 bits per heavy atom. The van der Waals surface area contributed by atoms with E-state index in [0.717, 1.165) is 6.42 Å². The number of aryl methyl sites for hydroxylation is 3. The van der Waals surface area contributed by atoms with Gasteiger partial charge in [0.15, 0.2) is 0 Å². The van der Waals surface area contributed by atoms with Crippen molar-refractivity contribution in [1.29, 1.82) is 0 Å². The van der Waals surface area contributed by atoms with E-state index in [9.17, 15) is 4.79 Å². The molecule has 1 aromatic carbocycles. The number of carbonyl (C=O) groups excluding carboxylic acids is 1. The first-order valence-electron chi connectivity index (χ1n) is 6.81. The molecule has 106 valence electrons. The molecule has 0 saturated carbocycles. The number of hydrogen-bond donors (Lipinski definition) is 2. The molecule has 0 bridgehead atoms. The fraction of sp³-hybridized carbons (Fsp3) is 0.562. The quantitative estimate of drug-likeness (QED) is 0.856. The summed E-state index contributed by atoms with van der Waals surface area (Å²) in [5.41, 5.74) is 10.6. The highest BCUT2D eigenvalue weighted by atomic mass is 16.1. The van der Waals surface area contributed by atoms with Crippen molar-refractivity contribution >= 4 is 5.91 Å². The van der Waals surface area contributed by atoms with Gasteiger partial charge >= 0.3 is 0 Å². The van der Waals surface area contributed by atoms with Crippen LogP contribution < -0.4 is 11.1 Å². The fourth-order valence-electron chi connectivity index (χ4n) is 2.10. The number of nitrogens with two attached hydrogens (primary N) is 1. The van der Waals surface area contributed by atoms with Crippen LogP contribution in [0.2, 0.25) is 0 Å². The van der Waals surface area contributed by atoms with E-state index in [1.807, 2.05) is 13.8 Å². The van der Waals surface area contributed by atoms with Gasteiger partial charge in [0, 0.05) is 18.5 Å². The summed E-state index contributed by atoms with van der Waals surface area (Å²) in [6, 6.07) is 4.42. The molecule has 0 aliphatic rings. The van der Waals surface area contributed by atoms with E-state index < -0.39 is 5.54 Å². The van der Waals surface area contributed by atoms with Crippen molar-refractivity contribution in [3.8, 4) is 0 Å². The van der Waals surface area contributed by atoms with Crippen LogP contribution in [0.5, 0.6) is 0 Å². The number of benzene rings is 1. The van der Waals surface area contributed by atoms with Gasteiger partial charge in [0.1, 0.15) is 0 Å². The fourth-order valence-corrected chi connectivity index (χ4v) is 2.10. The van der Waals surface area contributed by atoms with Crippen molar-refractivity contribution in [1.82, 2.24) is 5.32 Å². The molecule has 19 heavy (non-hydrogen) atoms. The van der Waals surface area contributed by atoms with Gasteiger partial charge in [0.25, 0.3) is 0 Å². The summed E-state index contributed by atoms with van der Waals surface area (Å²) in [5, 5.41) is 2.93. The molecule has 0 fully saturated rings. The van der Waals surface area contributed by atoms with Gasteiger partial charge in [-0.3, -0.25) is 4.79 Å². The lowest BCUT2D eigenvalue weighted by molar-refractivity contribution is -0.121. The molecule has 3 nitrogen and oxygen atoms in total. The highest BCUT2D eigenvalue weighted by Gasteiger charge is 2.15. The smallest absolute Gasteiger partial charge is 0.221 e. The van der Waals surface area contributed by atoms with Gasteiger partial charge in [-0.15, -0.1) is 0 Å². The van der Waals surface area contributed by atoms with E-state index >= 15 is 0 Å². The maximum absolute atomic E-state index is 11.7. The molecule has 3 N–H and O–H groups in total. The predicted molar refractivity (Wildman–Crippen MR) is 80.3 cm³/mol. The Labute approximate surface area is 116 Å². The number of hydrogen-bond acceptors (Lipinski definition) is 2. The zero-order valence-electron chi connectivity index (χ0n) is 12.8. The number of carbonyl (C=O) groups is 1. The van der Waals surface area contributed by atoms with Gasteiger partial charge in [0.05, 0.1) is 0 Å². The van der Waals surface area contributed by atoms with E-state index in [1.165, 1.54) is 22.3 Å². The largest absolute Gasteiger partial charge is 0.356 e. The number of nitrogens with one attached hydrogen (secondary N) is 1. The summed E-state index contributed by atoms with van der Waals surface area (Å²) < 4.78 is 0. The molecular weight excluding hydrogens is 236 g/mol. The first kappa shape index (κ1) is 15.7. The molecule has 0 aliphatic carbocycles. The van der Waals surface area contributed by atoms with E-state index in [2.05, 4.69) is 38.2 Å². The Morgan fingerprint density at radius 1 is 1.16 bits per heavy atom. The first-order chi connectivity index (χ1) is 8.69. The van der Waals surface area contributed by atoms with Crippen molar-refractivity contribution < 1.29 is 4.79 Å². The monoisotopic (exact) mass is 262 g/mol. The van der Waals surface area contributed by atoms with Gasteiger partial charge in [-0.2, -0.15) is 0 Å². The lowest BCUT2D eigenvalue weighted by atomic mass is 9.98. The van der Waals surface area contributed by atoms with Crippen molar-refractivity contribution in [3.63, 3.8) is 0 Å². The van der Waals surface area contributed by atoms with Crippen LogP contribution in [-0.2, 0) is 11.2 Å². The molecule has 1 amide bonds. The average molecular weight is 262 g/mol. The second-order valence-electron chi connectivity index (χ2n) is 6.13. The highest BCUT2D eigenvalue weighted by Crippen LogP contribution is 2.15. The van der Waals surface area contributed by atoms with E-state index in [0.29, 0.717) is 13.0 Å². The summed E-state index contributed by atoms with van der Waals surface area (Å²) in [6.45, 7) is 10.7. The van der Waals surface area contributed by atoms with Crippen LogP contribution in [-0.4, -0.2) is 18.0 Å². The highest BCUT2D eigenvalue weighted by molar-refractivity contribution is 5.77. The molecule has 0 unspecified atom stereocenters. The number of amides is 1. The molecule has 0 atom stereocenters. The second kappa shape index (κ2) is 6.20. The van der Waals surface area contributed by atoms with Crippen LogP contribution >= 0.6 is 0 Å². The summed E-state index contributed by atoms with van der Waals surface area (Å²) >= 11 is 0. The lowest BCUT2D eigenvalue weighted by Crippen LogP contribution is -2.39. The molecule has 0 heterocycles. The summed E-state index contributed by atoms with van der Waals surface area (Å²) in [4.78, 5) is 11.7. The van der Waals surface area contributed by atoms with Crippen molar-refractivity contribution in [2.24, 2.45) is 5.73 Å². The van der Waals surface area contributed by atoms with Gasteiger partial charge in [-0.05, 0) is 63.3 Å². The summed E-state index contributed by atoms with van der Waals surface area (Å²) in [6.07, 6.45) is 1.22. The Morgan fingerprint density at radius 3 is 2.32 bits per heavy atom. The minimum atomic E-state index is -0.444. The van der Waals surface area contributed by atoms with Gasteiger partial charge in [-0.1, -0.05) is 12.1 Å². The average Bonchev–Trinajstić information content (AvgIpc) is 2.22. The molecule has 0 saturated heterocycles. The van der Waals surface area contributed by atoms with Crippen LogP contribution in [0.3, 0.4) is 0 Å². The third-order valence-electron chi connectivity index (χ3n) is 3.28. The van der Waals surface area contributed by atoms with E-state index in [1.54, 1.807) is 0 Å². The number of rotatable bonds is 5. The Kier molecular flexibility index (Phi) is 5.12. The second-order valence-corrected chi connectivity index (χ2v) is 6.13.